The summed E-state index contributed by atoms with van der Waals surface area (Å²) < 4.78 is 10.6. The van der Waals surface area contributed by atoms with E-state index in [1.807, 2.05) is 0 Å². The minimum atomic E-state index is -2.92. The summed E-state index contributed by atoms with van der Waals surface area (Å²) in [6.45, 7) is 1.44. The van der Waals surface area contributed by atoms with Crippen molar-refractivity contribution in [3.8, 4) is 0 Å². The van der Waals surface area contributed by atoms with E-state index < -0.39 is 7.37 Å². The van der Waals surface area contributed by atoms with E-state index in [2.05, 4.69) is 0 Å². The van der Waals surface area contributed by atoms with Gasteiger partial charge in [0.05, 0.1) is 6.61 Å². The molecule has 0 aliphatic carbocycles. The van der Waals surface area contributed by atoms with Crippen LogP contribution in [0.4, 0.5) is 0 Å². The summed E-state index contributed by atoms with van der Waals surface area (Å²) in [5.74, 6) is 0. The SMILES string of the molecule is CCP(=O)(O)CCO.[Al+3]. The van der Waals surface area contributed by atoms with Crippen molar-refractivity contribution in [1.29, 1.82) is 0 Å². The molecule has 0 aromatic rings. The molecule has 0 heterocycles. The van der Waals surface area contributed by atoms with E-state index >= 15 is 0 Å². The molecule has 0 aromatic carbocycles. The largest absolute Gasteiger partial charge is 3.00 e. The summed E-state index contributed by atoms with van der Waals surface area (Å²) in [6.07, 6.45) is 0.289. The molecule has 0 amide bonds. The fourth-order valence-corrected chi connectivity index (χ4v) is 0.943. The summed E-state index contributed by atoms with van der Waals surface area (Å²) in [5.41, 5.74) is 0. The van der Waals surface area contributed by atoms with Crippen LogP contribution in [0.25, 0.3) is 0 Å². The van der Waals surface area contributed by atoms with Gasteiger partial charge >= 0.3 is 17.4 Å². The molecular weight excluding hydrogens is 154 g/mol. The third-order valence-electron chi connectivity index (χ3n) is 0.944. The maximum atomic E-state index is 10.6. The maximum Gasteiger partial charge on any atom is 3.00 e. The summed E-state index contributed by atoms with van der Waals surface area (Å²) in [7, 11) is -2.92. The number of aliphatic hydroxyl groups is 1. The van der Waals surface area contributed by atoms with Gasteiger partial charge < -0.3 is 10.00 Å². The van der Waals surface area contributed by atoms with Crippen LogP contribution in [0, 0.1) is 0 Å². The van der Waals surface area contributed by atoms with Crippen LogP contribution in [-0.4, -0.2) is 46.3 Å². The predicted octanol–water partition coefficient (Wildman–Crippen LogP) is -0.112. The molecule has 9 heavy (non-hydrogen) atoms. The van der Waals surface area contributed by atoms with E-state index in [1.54, 1.807) is 6.92 Å². The van der Waals surface area contributed by atoms with Crippen molar-refractivity contribution >= 4 is 24.7 Å². The quantitative estimate of drug-likeness (QED) is 0.453. The van der Waals surface area contributed by atoms with Crippen molar-refractivity contribution in [2.75, 3.05) is 18.9 Å². The summed E-state index contributed by atoms with van der Waals surface area (Å²) in [5, 5.41) is 8.20. The van der Waals surface area contributed by atoms with Gasteiger partial charge in [-0.1, -0.05) is 6.92 Å². The molecule has 0 rings (SSSR count). The molecule has 3 nitrogen and oxygen atoms in total. The van der Waals surface area contributed by atoms with Crippen LogP contribution in [0.3, 0.4) is 0 Å². The molecular formula is C4H11AlO3P+3. The van der Waals surface area contributed by atoms with Gasteiger partial charge in [-0.15, -0.1) is 0 Å². The topological polar surface area (TPSA) is 57.5 Å². The first-order valence-corrected chi connectivity index (χ1v) is 4.57. The van der Waals surface area contributed by atoms with Gasteiger partial charge in [-0.3, -0.25) is 4.57 Å². The van der Waals surface area contributed by atoms with Crippen LogP contribution in [0.2, 0.25) is 0 Å². The van der Waals surface area contributed by atoms with Crippen LogP contribution >= 0.6 is 7.37 Å². The Morgan fingerprint density at radius 3 is 2.11 bits per heavy atom. The standard InChI is InChI=1S/C4H11O3P.Al/c1-2-8(6,7)4-3-5;/h5H,2-4H2,1H3,(H,6,7);/q;+3. The van der Waals surface area contributed by atoms with Crippen molar-refractivity contribution in [3.05, 3.63) is 0 Å². The predicted molar refractivity (Wildman–Crippen MR) is 38.1 cm³/mol. The molecule has 1 atom stereocenters. The molecule has 0 saturated heterocycles. The van der Waals surface area contributed by atoms with Crippen molar-refractivity contribution in [2.24, 2.45) is 0 Å². The smallest absolute Gasteiger partial charge is 0.396 e. The van der Waals surface area contributed by atoms with Gasteiger partial charge in [0, 0.05) is 12.3 Å². The van der Waals surface area contributed by atoms with Crippen LogP contribution in [-0.2, 0) is 4.57 Å². The number of hydrogen-bond donors (Lipinski definition) is 2. The number of hydrogen-bond acceptors (Lipinski definition) is 2. The molecule has 5 heteroatoms. The summed E-state index contributed by atoms with van der Waals surface area (Å²) >= 11 is 0. The Morgan fingerprint density at radius 1 is 1.56 bits per heavy atom. The molecule has 0 radical (unpaired) electrons. The minimum absolute atomic E-state index is 0. The van der Waals surface area contributed by atoms with E-state index in [1.165, 1.54) is 0 Å². The van der Waals surface area contributed by atoms with Gasteiger partial charge in [-0.25, -0.2) is 0 Å². The van der Waals surface area contributed by atoms with Crippen LogP contribution in [0.15, 0.2) is 0 Å². The van der Waals surface area contributed by atoms with E-state index in [9.17, 15) is 4.57 Å². The Bertz CT molecular complexity index is 106. The first-order chi connectivity index (χ1) is 3.62. The second-order valence-corrected chi connectivity index (χ2v) is 4.38. The number of rotatable bonds is 3. The average molecular weight is 165 g/mol. The molecule has 0 fully saturated rings. The van der Waals surface area contributed by atoms with Gasteiger partial charge in [-0.05, 0) is 0 Å². The zero-order valence-electron chi connectivity index (χ0n) is 5.45. The number of aliphatic hydroxyl groups excluding tert-OH is 1. The van der Waals surface area contributed by atoms with Crippen molar-refractivity contribution in [3.63, 3.8) is 0 Å². The summed E-state index contributed by atoms with van der Waals surface area (Å²) in [4.78, 5) is 8.72. The van der Waals surface area contributed by atoms with Gasteiger partial charge in [0.2, 0.25) is 7.37 Å². The normalized spacial score (nSPS) is 15.9. The van der Waals surface area contributed by atoms with Crippen molar-refractivity contribution in [2.45, 2.75) is 6.92 Å². The van der Waals surface area contributed by atoms with E-state index in [0.29, 0.717) is 0 Å². The molecule has 0 aliphatic rings. The maximum absolute atomic E-state index is 10.6. The van der Waals surface area contributed by atoms with Gasteiger partial charge in [0.15, 0.2) is 0 Å². The Hall–Kier alpha value is 0.682. The first kappa shape index (κ1) is 12.4. The molecule has 2 N–H and O–H groups in total. The zero-order chi connectivity index (χ0) is 6.62. The first-order valence-electron chi connectivity index (χ1n) is 2.54. The monoisotopic (exact) mass is 165 g/mol. The van der Waals surface area contributed by atoms with Crippen molar-refractivity contribution in [1.82, 2.24) is 0 Å². The Labute approximate surface area is 65.7 Å². The Balaban J connectivity index is 0. The fourth-order valence-electron chi connectivity index (χ4n) is 0.314. The second-order valence-electron chi connectivity index (χ2n) is 1.61. The zero-order valence-corrected chi connectivity index (χ0v) is 7.50. The molecule has 0 aliphatic heterocycles. The van der Waals surface area contributed by atoms with Gasteiger partial charge in [0.1, 0.15) is 0 Å². The third kappa shape index (κ3) is 6.57. The van der Waals surface area contributed by atoms with E-state index in [4.69, 9.17) is 10.00 Å². The van der Waals surface area contributed by atoms with E-state index in [-0.39, 0.29) is 36.3 Å². The fraction of sp³-hybridized carbons (Fsp3) is 1.00. The molecule has 0 saturated carbocycles. The minimum Gasteiger partial charge on any atom is -0.396 e. The van der Waals surface area contributed by atoms with Crippen molar-refractivity contribution < 1.29 is 14.6 Å². The van der Waals surface area contributed by atoms with Crippen LogP contribution < -0.4 is 0 Å². The molecule has 50 valence electrons. The Morgan fingerprint density at radius 2 is 2.00 bits per heavy atom. The van der Waals surface area contributed by atoms with Gasteiger partial charge in [0.25, 0.3) is 0 Å². The van der Waals surface area contributed by atoms with Crippen LogP contribution in [0.5, 0.6) is 0 Å². The van der Waals surface area contributed by atoms with Crippen LogP contribution in [0.1, 0.15) is 6.92 Å². The molecule has 0 aromatic heterocycles. The Kier molecular flexibility index (Phi) is 7.51. The summed E-state index contributed by atoms with van der Waals surface area (Å²) in [6, 6.07) is 0. The molecule has 1 unspecified atom stereocenters. The second kappa shape index (κ2) is 5.47. The average Bonchev–Trinajstić information content (AvgIpc) is 1.67. The van der Waals surface area contributed by atoms with Gasteiger partial charge in [-0.2, -0.15) is 0 Å². The molecule has 0 spiro atoms. The van der Waals surface area contributed by atoms with E-state index in [0.717, 1.165) is 0 Å². The third-order valence-corrected chi connectivity index (χ3v) is 2.83. The molecule has 0 bridgehead atoms.